The lowest BCUT2D eigenvalue weighted by atomic mass is 10.2. The van der Waals surface area contributed by atoms with Crippen molar-refractivity contribution in [2.75, 3.05) is 43.5 Å². The lowest BCUT2D eigenvalue weighted by molar-refractivity contribution is -0.120. The molecular formula is C22H30ClN5O2. The molecule has 0 spiro atoms. The van der Waals surface area contributed by atoms with Gasteiger partial charge in [-0.2, -0.15) is 0 Å². The summed E-state index contributed by atoms with van der Waals surface area (Å²) in [5.74, 6) is 2.67. The number of benzene rings is 1. The highest BCUT2D eigenvalue weighted by Crippen LogP contribution is 2.27. The highest BCUT2D eigenvalue weighted by molar-refractivity contribution is 6.32. The number of rotatable bonds is 6. The summed E-state index contributed by atoms with van der Waals surface area (Å²) >= 11 is 6.15. The average molecular weight is 432 g/mol. The summed E-state index contributed by atoms with van der Waals surface area (Å²) in [5.41, 5.74) is 1.64. The Labute approximate surface area is 183 Å². The molecule has 0 saturated carbocycles. The summed E-state index contributed by atoms with van der Waals surface area (Å²) in [7, 11) is 1.56. The number of carbonyl (C=O) groups excluding carboxylic acids is 1. The largest absolute Gasteiger partial charge is 0.495 e. The van der Waals surface area contributed by atoms with Gasteiger partial charge in [-0.3, -0.25) is 9.69 Å². The van der Waals surface area contributed by atoms with Crippen LogP contribution in [-0.4, -0.2) is 60.1 Å². The zero-order chi connectivity index (χ0) is 21.8. The fourth-order valence-electron chi connectivity index (χ4n) is 3.49. The lowest BCUT2D eigenvalue weighted by Gasteiger charge is -2.38. The lowest BCUT2D eigenvalue weighted by Crippen LogP contribution is -2.53. The van der Waals surface area contributed by atoms with Crippen LogP contribution in [0.2, 0.25) is 5.02 Å². The number of amides is 1. The molecule has 1 saturated heterocycles. The van der Waals surface area contributed by atoms with E-state index < -0.39 is 0 Å². The molecule has 30 heavy (non-hydrogen) atoms. The first kappa shape index (κ1) is 22.3. The Morgan fingerprint density at radius 2 is 1.83 bits per heavy atom. The van der Waals surface area contributed by atoms with Crippen molar-refractivity contribution in [3.63, 3.8) is 0 Å². The molecule has 7 nitrogen and oxygen atoms in total. The maximum Gasteiger partial charge on any atom is 0.241 e. The predicted octanol–water partition coefficient (Wildman–Crippen LogP) is 3.72. The van der Waals surface area contributed by atoms with Crippen molar-refractivity contribution < 1.29 is 9.53 Å². The molecule has 0 unspecified atom stereocenters. The third-order valence-electron chi connectivity index (χ3n) is 5.36. The Hall–Kier alpha value is -2.38. The van der Waals surface area contributed by atoms with E-state index in [1.54, 1.807) is 25.3 Å². The molecule has 1 aromatic heterocycles. The van der Waals surface area contributed by atoms with Crippen molar-refractivity contribution in [2.24, 2.45) is 0 Å². The number of hydrogen-bond donors (Lipinski definition) is 1. The van der Waals surface area contributed by atoms with Crippen LogP contribution in [0.4, 0.5) is 11.5 Å². The van der Waals surface area contributed by atoms with E-state index in [9.17, 15) is 4.79 Å². The molecule has 162 valence electrons. The van der Waals surface area contributed by atoms with Crippen LogP contribution in [0.1, 0.15) is 38.2 Å². The SMILES string of the molecule is COc1ccc(NC(=O)[C@H](C)N2CCN(c3cc(C)nc(C(C)C)n3)CC2)cc1Cl. The Bertz CT molecular complexity index is 897. The van der Waals surface area contributed by atoms with Gasteiger partial charge < -0.3 is 15.0 Å². The Balaban J connectivity index is 1.59. The summed E-state index contributed by atoms with van der Waals surface area (Å²) in [5, 5.41) is 3.42. The maximum atomic E-state index is 12.7. The standard InChI is InChI=1S/C22H30ClN5O2/c1-14(2)21-24-15(3)12-20(26-21)28-10-8-27(9-11-28)16(4)22(29)25-17-6-7-19(30-5)18(23)13-17/h6-7,12-14,16H,8-11H2,1-5H3,(H,25,29)/t16-/m0/s1. The van der Waals surface area contributed by atoms with E-state index in [0.29, 0.717) is 22.4 Å². The van der Waals surface area contributed by atoms with Gasteiger partial charge in [0.15, 0.2) is 0 Å². The second-order valence-electron chi connectivity index (χ2n) is 7.92. The molecular weight excluding hydrogens is 402 g/mol. The molecule has 1 N–H and O–H groups in total. The van der Waals surface area contributed by atoms with Gasteiger partial charge in [-0.05, 0) is 32.0 Å². The van der Waals surface area contributed by atoms with Crippen LogP contribution < -0.4 is 15.0 Å². The van der Waals surface area contributed by atoms with E-state index in [4.69, 9.17) is 21.3 Å². The minimum absolute atomic E-state index is 0.0512. The number of methoxy groups -OCH3 is 1. The summed E-state index contributed by atoms with van der Waals surface area (Å²) in [6.45, 7) is 11.4. The normalized spacial score (nSPS) is 15.9. The van der Waals surface area contributed by atoms with Crippen LogP contribution in [-0.2, 0) is 4.79 Å². The van der Waals surface area contributed by atoms with Gasteiger partial charge in [-0.15, -0.1) is 0 Å². The Kier molecular flexibility index (Phi) is 7.15. The molecule has 1 fully saturated rings. The Morgan fingerprint density at radius 3 is 2.43 bits per heavy atom. The molecule has 0 aliphatic carbocycles. The summed E-state index contributed by atoms with van der Waals surface area (Å²) in [4.78, 5) is 26.5. The zero-order valence-electron chi connectivity index (χ0n) is 18.3. The number of ether oxygens (including phenoxy) is 1. The van der Waals surface area contributed by atoms with E-state index in [1.807, 2.05) is 19.9 Å². The van der Waals surface area contributed by atoms with Gasteiger partial charge >= 0.3 is 0 Å². The monoisotopic (exact) mass is 431 g/mol. The predicted molar refractivity (Wildman–Crippen MR) is 121 cm³/mol. The molecule has 1 amide bonds. The first-order chi connectivity index (χ1) is 14.3. The number of anilines is 2. The summed E-state index contributed by atoms with van der Waals surface area (Å²) in [6, 6.07) is 7.03. The van der Waals surface area contributed by atoms with E-state index in [0.717, 1.165) is 43.5 Å². The van der Waals surface area contributed by atoms with Gasteiger partial charge in [0.1, 0.15) is 17.4 Å². The first-order valence-electron chi connectivity index (χ1n) is 10.3. The molecule has 3 rings (SSSR count). The quantitative estimate of drug-likeness (QED) is 0.751. The van der Waals surface area contributed by atoms with Gasteiger partial charge in [-0.1, -0.05) is 25.4 Å². The number of aryl methyl sites for hydroxylation is 1. The number of piperazine rings is 1. The fourth-order valence-corrected chi connectivity index (χ4v) is 3.75. The van der Waals surface area contributed by atoms with Crippen LogP contribution in [0, 0.1) is 6.92 Å². The van der Waals surface area contributed by atoms with E-state index in [-0.39, 0.29) is 11.9 Å². The van der Waals surface area contributed by atoms with Crippen molar-refractivity contribution >= 4 is 29.0 Å². The first-order valence-corrected chi connectivity index (χ1v) is 10.6. The minimum Gasteiger partial charge on any atom is -0.495 e. The zero-order valence-corrected chi connectivity index (χ0v) is 19.0. The van der Waals surface area contributed by atoms with Crippen LogP contribution in [0.15, 0.2) is 24.3 Å². The fraction of sp³-hybridized carbons (Fsp3) is 0.500. The number of carbonyl (C=O) groups is 1. The minimum atomic E-state index is -0.244. The highest BCUT2D eigenvalue weighted by Gasteiger charge is 2.26. The third kappa shape index (κ3) is 5.21. The molecule has 8 heteroatoms. The number of nitrogens with one attached hydrogen (secondary N) is 1. The Morgan fingerprint density at radius 1 is 1.13 bits per heavy atom. The van der Waals surface area contributed by atoms with Crippen molar-refractivity contribution in [3.05, 3.63) is 40.8 Å². The van der Waals surface area contributed by atoms with E-state index >= 15 is 0 Å². The molecule has 1 atom stereocenters. The second-order valence-corrected chi connectivity index (χ2v) is 8.33. The van der Waals surface area contributed by atoms with Crippen LogP contribution in [0.3, 0.4) is 0 Å². The van der Waals surface area contributed by atoms with Crippen molar-refractivity contribution in [3.8, 4) is 5.75 Å². The summed E-state index contributed by atoms with van der Waals surface area (Å²) < 4.78 is 5.16. The molecule has 0 radical (unpaired) electrons. The van der Waals surface area contributed by atoms with Gasteiger partial charge in [0.2, 0.25) is 5.91 Å². The summed E-state index contributed by atoms with van der Waals surface area (Å²) in [6.07, 6.45) is 0. The molecule has 2 heterocycles. The van der Waals surface area contributed by atoms with Crippen molar-refractivity contribution in [2.45, 2.75) is 39.7 Å². The maximum absolute atomic E-state index is 12.7. The second kappa shape index (κ2) is 9.62. The van der Waals surface area contributed by atoms with Gasteiger partial charge in [-0.25, -0.2) is 9.97 Å². The van der Waals surface area contributed by atoms with Crippen LogP contribution in [0.5, 0.6) is 5.75 Å². The van der Waals surface area contributed by atoms with Crippen molar-refractivity contribution in [1.29, 1.82) is 0 Å². The van der Waals surface area contributed by atoms with Crippen LogP contribution in [0.25, 0.3) is 0 Å². The topological polar surface area (TPSA) is 70.6 Å². The molecule has 1 aromatic carbocycles. The molecule has 2 aromatic rings. The number of halogens is 1. The third-order valence-corrected chi connectivity index (χ3v) is 5.65. The van der Waals surface area contributed by atoms with Gasteiger partial charge in [0, 0.05) is 49.5 Å². The molecule has 1 aliphatic rings. The molecule has 1 aliphatic heterocycles. The van der Waals surface area contributed by atoms with Gasteiger partial charge in [0.25, 0.3) is 0 Å². The number of nitrogens with zero attached hydrogens (tertiary/aromatic N) is 4. The highest BCUT2D eigenvalue weighted by atomic mass is 35.5. The number of aromatic nitrogens is 2. The van der Waals surface area contributed by atoms with Gasteiger partial charge in [0.05, 0.1) is 18.2 Å². The van der Waals surface area contributed by atoms with E-state index in [1.165, 1.54) is 0 Å². The van der Waals surface area contributed by atoms with Crippen molar-refractivity contribution in [1.82, 2.24) is 14.9 Å². The van der Waals surface area contributed by atoms with Crippen LogP contribution >= 0.6 is 11.6 Å². The average Bonchev–Trinajstić information content (AvgIpc) is 2.73. The van der Waals surface area contributed by atoms with E-state index in [2.05, 4.69) is 33.9 Å². The number of hydrogen-bond acceptors (Lipinski definition) is 6. The smallest absolute Gasteiger partial charge is 0.241 e. The molecule has 0 bridgehead atoms.